The van der Waals surface area contributed by atoms with Crippen molar-refractivity contribution in [2.45, 2.75) is 41.7 Å². The van der Waals surface area contributed by atoms with Gasteiger partial charge in [0, 0.05) is 0 Å². The number of allylic oxidation sites excluding steroid dienone is 1. The lowest BCUT2D eigenvalue weighted by molar-refractivity contribution is -0.451. The largest absolute Gasteiger partial charge is 0.460 e. The predicted molar refractivity (Wildman–Crippen MR) is 89.4 cm³/mol. The van der Waals surface area contributed by atoms with Crippen molar-refractivity contribution in [3.8, 4) is 5.75 Å². The van der Waals surface area contributed by atoms with Crippen molar-refractivity contribution in [1.29, 1.82) is 0 Å². The van der Waals surface area contributed by atoms with Gasteiger partial charge in [-0.3, -0.25) is 0 Å². The molecule has 0 aliphatic carbocycles. The molecule has 0 heterocycles. The summed E-state index contributed by atoms with van der Waals surface area (Å²) in [5.74, 6) is -56.9. The van der Waals surface area contributed by atoms with Crippen LogP contribution in [0.3, 0.4) is 0 Å². The molecule has 0 fully saturated rings. The second-order valence-corrected chi connectivity index (χ2v) is 7.02. The van der Waals surface area contributed by atoms with Crippen LogP contribution < -0.4 is 4.74 Å². The van der Waals surface area contributed by atoms with Crippen molar-refractivity contribution < 1.29 is 94.0 Å². The highest BCUT2D eigenvalue weighted by molar-refractivity contribution is 5.89. The van der Waals surface area contributed by atoms with Gasteiger partial charge in [-0.2, -0.15) is 74.6 Å². The zero-order valence-electron chi connectivity index (χ0n) is 17.8. The minimum Gasteiger partial charge on any atom is -0.460 e. The Hall–Kier alpha value is -3.00. The maximum atomic E-state index is 13.7. The van der Waals surface area contributed by atoms with Crippen LogP contribution in [0.5, 0.6) is 5.75 Å². The number of hydrogen-bond donors (Lipinski definition) is 1. The summed E-state index contributed by atoms with van der Waals surface area (Å²) < 4.78 is 232. The Bertz CT molecular complexity index is 1060. The van der Waals surface area contributed by atoms with Crippen LogP contribution >= 0.6 is 0 Å². The number of halogens is 17. The van der Waals surface area contributed by atoms with Crippen LogP contribution in [0.15, 0.2) is 36.1 Å². The SMILES string of the molecule is O=C(OCCO)c1ccc(OC(F)=C(F)C(F)(F)C(F)(F)C(F)(F)C(F)(F)C(F)(F)C(F)(F)C(F)(F)F)cc1. The maximum absolute atomic E-state index is 13.7. The van der Waals surface area contributed by atoms with Gasteiger partial charge in [-0.15, -0.1) is 0 Å². The molecule has 0 atom stereocenters. The van der Waals surface area contributed by atoms with Crippen LogP contribution in [-0.4, -0.2) is 66.0 Å². The first-order valence-electron chi connectivity index (χ1n) is 9.21. The van der Waals surface area contributed by atoms with Crippen molar-refractivity contribution in [2.75, 3.05) is 13.2 Å². The summed E-state index contributed by atoms with van der Waals surface area (Å²) in [6.45, 7) is -1.18. The molecular formula is C18H9F17O4. The molecule has 1 N–H and O–H groups in total. The molecule has 39 heavy (non-hydrogen) atoms. The number of alkyl halides is 15. The Morgan fingerprint density at radius 3 is 1.49 bits per heavy atom. The van der Waals surface area contributed by atoms with Gasteiger partial charge in [-0.05, 0) is 24.3 Å². The fraction of sp³-hybridized carbons (Fsp3) is 0.500. The second kappa shape index (κ2) is 10.5. The zero-order chi connectivity index (χ0) is 31.0. The van der Waals surface area contributed by atoms with Gasteiger partial charge in [-0.1, -0.05) is 0 Å². The van der Waals surface area contributed by atoms with Gasteiger partial charge in [0.05, 0.1) is 12.2 Å². The highest BCUT2D eigenvalue weighted by atomic mass is 19.4. The molecule has 21 heteroatoms. The Kier molecular flexibility index (Phi) is 9.18. The third-order valence-electron chi connectivity index (χ3n) is 4.40. The van der Waals surface area contributed by atoms with Gasteiger partial charge in [0.15, 0.2) is 0 Å². The minimum absolute atomic E-state index is 0.390. The topological polar surface area (TPSA) is 55.8 Å². The first-order chi connectivity index (χ1) is 17.3. The summed E-state index contributed by atoms with van der Waals surface area (Å²) in [4.78, 5) is 11.5. The third-order valence-corrected chi connectivity index (χ3v) is 4.40. The molecule has 224 valence electrons. The number of hydrogen-bond acceptors (Lipinski definition) is 4. The van der Waals surface area contributed by atoms with Gasteiger partial charge in [0.1, 0.15) is 12.4 Å². The van der Waals surface area contributed by atoms with E-state index in [9.17, 15) is 79.4 Å². The van der Waals surface area contributed by atoms with E-state index in [1.807, 2.05) is 0 Å². The molecule has 0 bridgehead atoms. The average molecular weight is 612 g/mol. The van der Waals surface area contributed by atoms with E-state index in [2.05, 4.69) is 9.47 Å². The molecule has 0 aliphatic heterocycles. The average Bonchev–Trinajstić information content (AvgIpc) is 2.80. The number of aliphatic hydroxyl groups excluding tert-OH is 1. The predicted octanol–water partition coefficient (Wildman–Crippen LogP) is 6.70. The molecule has 0 radical (unpaired) electrons. The summed E-state index contributed by atoms with van der Waals surface area (Å²) in [6, 6.07) is -1.64. The van der Waals surface area contributed by atoms with E-state index in [4.69, 9.17) is 5.11 Å². The molecular weight excluding hydrogens is 603 g/mol. The zero-order valence-corrected chi connectivity index (χ0v) is 17.8. The van der Waals surface area contributed by atoms with E-state index in [0.717, 1.165) is 0 Å². The molecule has 0 spiro atoms. The maximum Gasteiger partial charge on any atom is 0.460 e. The Morgan fingerprint density at radius 2 is 1.08 bits per heavy atom. The minimum atomic E-state index is -8.68. The molecule has 0 unspecified atom stereocenters. The number of ether oxygens (including phenoxy) is 2. The van der Waals surface area contributed by atoms with Gasteiger partial charge < -0.3 is 14.6 Å². The van der Waals surface area contributed by atoms with Crippen molar-refractivity contribution >= 4 is 5.97 Å². The number of carbonyl (C=O) groups excluding carboxylic acids is 1. The molecule has 0 amide bonds. The van der Waals surface area contributed by atoms with E-state index in [0.29, 0.717) is 24.3 Å². The second-order valence-electron chi connectivity index (χ2n) is 7.02. The molecule has 0 saturated heterocycles. The Balaban J connectivity index is 3.44. The van der Waals surface area contributed by atoms with E-state index >= 15 is 0 Å². The molecule has 4 nitrogen and oxygen atoms in total. The van der Waals surface area contributed by atoms with Crippen molar-refractivity contribution in [2.24, 2.45) is 0 Å². The van der Waals surface area contributed by atoms with Gasteiger partial charge in [0.2, 0.25) is 5.83 Å². The molecule has 0 aromatic heterocycles. The Morgan fingerprint density at radius 1 is 0.667 bits per heavy atom. The summed E-state index contributed by atoms with van der Waals surface area (Å²) in [5.41, 5.74) is -0.448. The number of carbonyl (C=O) groups is 1. The van der Waals surface area contributed by atoms with E-state index in [1.54, 1.807) is 0 Å². The van der Waals surface area contributed by atoms with Crippen LogP contribution in [0.4, 0.5) is 74.6 Å². The molecule has 0 saturated carbocycles. The first kappa shape index (κ1) is 34.0. The first-order valence-corrected chi connectivity index (χ1v) is 9.21. The highest BCUT2D eigenvalue weighted by Crippen LogP contribution is 2.63. The fourth-order valence-electron chi connectivity index (χ4n) is 2.26. The third kappa shape index (κ3) is 5.53. The summed E-state index contributed by atoms with van der Waals surface area (Å²) in [5, 5.41) is 8.48. The van der Waals surface area contributed by atoms with Crippen LogP contribution in [0.1, 0.15) is 10.4 Å². The van der Waals surface area contributed by atoms with E-state index in [1.165, 1.54) is 0 Å². The van der Waals surface area contributed by atoms with Crippen LogP contribution in [0, 0.1) is 0 Å². The van der Waals surface area contributed by atoms with Crippen molar-refractivity contribution in [1.82, 2.24) is 0 Å². The quantitative estimate of drug-likeness (QED) is 0.172. The number of benzene rings is 1. The smallest absolute Gasteiger partial charge is 0.460 e. The molecule has 1 aromatic carbocycles. The van der Waals surface area contributed by atoms with Gasteiger partial charge in [-0.25, -0.2) is 4.79 Å². The van der Waals surface area contributed by atoms with E-state index in [-0.39, 0.29) is 0 Å². The monoisotopic (exact) mass is 612 g/mol. The summed E-state index contributed by atoms with van der Waals surface area (Å²) >= 11 is 0. The summed E-state index contributed by atoms with van der Waals surface area (Å²) in [6.07, 6.45) is -7.82. The number of aliphatic hydroxyl groups is 1. The molecule has 1 aromatic rings. The summed E-state index contributed by atoms with van der Waals surface area (Å²) in [7, 11) is 0. The Labute approximate surface area is 203 Å². The standard InChI is InChI=1S/C18H9F17O4/c19-9(10(20)39-8-3-1-7(2-4-8)11(37)38-6-5-36)12(21,22)13(23,24)14(25,26)15(27,28)16(29,30)17(31,32)18(33,34)35/h1-4,36H,5-6H2. The lowest BCUT2D eigenvalue weighted by atomic mass is 9.91. The molecule has 0 aliphatic rings. The van der Waals surface area contributed by atoms with Crippen LogP contribution in [-0.2, 0) is 4.74 Å². The fourth-order valence-corrected chi connectivity index (χ4v) is 2.26. The normalized spacial score (nSPS) is 15.1. The van der Waals surface area contributed by atoms with Crippen LogP contribution in [0.25, 0.3) is 0 Å². The molecule has 1 rings (SSSR count). The highest BCUT2D eigenvalue weighted by Gasteiger charge is 2.93. The van der Waals surface area contributed by atoms with E-state index < -0.39 is 84.0 Å². The van der Waals surface area contributed by atoms with Gasteiger partial charge in [0.25, 0.3) is 0 Å². The van der Waals surface area contributed by atoms with Gasteiger partial charge >= 0.3 is 53.7 Å². The van der Waals surface area contributed by atoms with Crippen molar-refractivity contribution in [3.05, 3.63) is 41.7 Å². The number of esters is 1. The van der Waals surface area contributed by atoms with Crippen LogP contribution in [0.2, 0.25) is 0 Å². The number of rotatable bonds is 11. The lowest BCUT2D eigenvalue weighted by Crippen LogP contribution is -2.72. The van der Waals surface area contributed by atoms with Crippen molar-refractivity contribution in [3.63, 3.8) is 0 Å². The lowest BCUT2D eigenvalue weighted by Gasteiger charge is -2.41.